The molecule has 1 saturated heterocycles. The first-order chi connectivity index (χ1) is 11.8. The molecule has 0 spiro atoms. The number of ether oxygens (including phenoxy) is 2. The maximum Gasteiger partial charge on any atom is 0.244 e. The molecule has 0 radical (unpaired) electrons. The minimum Gasteiger partial charge on any atom is -0.384 e. The molecule has 0 amide bonds. The second-order valence-electron chi connectivity index (χ2n) is 5.81. The van der Waals surface area contributed by atoms with Crippen LogP contribution in [0.3, 0.4) is 0 Å². The molecule has 2 aromatic heterocycles. The summed E-state index contributed by atoms with van der Waals surface area (Å²) in [6.07, 6.45) is 3.87. The van der Waals surface area contributed by atoms with Gasteiger partial charge in [-0.3, -0.25) is 4.90 Å². The molecule has 0 N–H and O–H groups in total. The molecule has 0 aromatic carbocycles. The number of hydrogen-bond donors (Lipinski definition) is 0. The number of nitrogens with zero attached hydrogens (tertiary/aromatic N) is 5. The molecule has 9 heteroatoms. The minimum absolute atomic E-state index is 0.0752. The Balaban J connectivity index is 1.66. The molecule has 0 aliphatic carbocycles. The van der Waals surface area contributed by atoms with E-state index in [1.165, 1.54) is 0 Å². The van der Waals surface area contributed by atoms with Crippen molar-refractivity contribution in [3.8, 4) is 0 Å². The Morgan fingerprint density at radius 1 is 1.08 bits per heavy atom. The van der Waals surface area contributed by atoms with E-state index in [1.54, 1.807) is 14.2 Å². The van der Waals surface area contributed by atoms with Gasteiger partial charge in [-0.05, 0) is 19.4 Å². The van der Waals surface area contributed by atoms with Crippen molar-refractivity contribution in [1.29, 1.82) is 0 Å². The van der Waals surface area contributed by atoms with Gasteiger partial charge in [0, 0.05) is 20.6 Å². The van der Waals surface area contributed by atoms with Crippen molar-refractivity contribution in [2.75, 3.05) is 27.4 Å². The third-order valence-corrected chi connectivity index (χ3v) is 4.03. The van der Waals surface area contributed by atoms with E-state index in [0.717, 1.165) is 25.8 Å². The molecule has 1 fully saturated rings. The molecule has 0 saturated carbocycles. The Labute approximate surface area is 140 Å². The van der Waals surface area contributed by atoms with Gasteiger partial charge >= 0.3 is 0 Å². The lowest BCUT2D eigenvalue weighted by molar-refractivity contribution is 0.0985. The molecular weight excluding hydrogens is 314 g/mol. The summed E-state index contributed by atoms with van der Waals surface area (Å²) in [7, 11) is 3.27. The van der Waals surface area contributed by atoms with Gasteiger partial charge in [-0.2, -0.15) is 9.97 Å². The highest BCUT2D eigenvalue weighted by Crippen LogP contribution is 2.31. The lowest BCUT2D eigenvalue weighted by atomic mass is 10.0. The summed E-state index contributed by atoms with van der Waals surface area (Å²) >= 11 is 0. The number of methoxy groups -OCH3 is 2. The number of rotatable bonds is 8. The Morgan fingerprint density at radius 3 is 2.79 bits per heavy atom. The van der Waals surface area contributed by atoms with Crippen molar-refractivity contribution >= 4 is 0 Å². The zero-order chi connectivity index (χ0) is 16.8. The van der Waals surface area contributed by atoms with Crippen LogP contribution in [-0.2, 0) is 29.0 Å². The molecular formula is C15H23N5O4. The molecule has 0 bridgehead atoms. The molecule has 3 rings (SSSR count). The summed E-state index contributed by atoms with van der Waals surface area (Å²) in [4.78, 5) is 11.1. The maximum absolute atomic E-state index is 5.42. The summed E-state index contributed by atoms with van der Waals surface area (Å²) in [6, 6.07) is 0.0752. The summed E-state index contributed by atoms with van der Waals surface area (Å²) in [5.74, 6) is 2.46. The summed E-state index contributed by atoms with van der Waals surface area (Å²) in [5, 5.41) is 7.94. The normalized spacial score (nSPS) is 19.0. The topological polar surface area (TPSA) is 99.5 Å². The van der Waals surface area contributed by atoms with Crippen molar-refractivity contribution in [3.63, 3.8) is 0 Å². The minimum atomic E-state index is 0.0752. The average molecular weight is 337 g/mol. The van der Waals surface area contributed by atoms with E-state index in [-0.39, 0.29) is 6.04 Å². The predicted octanol–water partition coefficient (Wildman–Crippen LogP) is 1.52. The van der Waals surface area contributed by atoms with Crippen molar-refractivity contribution in [3.05, 3.63) is 23.4 Å². The van der Waals surface area contributed by atoms with Gasteiger partial charge in [0.1, 0.15) is 6.61 Å². The fraction of sp³-hybridized carbons (Fsp3) is 0.733. The molecule has 9 nitrogen and oxygen atoms in total. The standard InChI is InChI=1S/C15H23N5O4/c1-21-8-6-12-16-14(23-18-12)9-20-7-4-3-5-11(20)15-17-13(10-22-2)19-24-15/h11H,3-10H2,1-2H3. The van der Waals surface area contributed by atoms with Crippen molar-refractivity contribution in [1.82, 2.24) is 25.2 Å². The van der Waals surface area contributed by atoms with Crippen LogP contribution in [0.15, 0.2) is 9.05 Å². The summed E-state index contributed by atoms with van der Waals surface area (Å²) < 4.78 is 20.8. The predicted molar refractivity (Wildman–Crippen MR) is 81.9 cm³/mol. The highest BCUT2D eigenvalue weighted by Gasteiger charge is 2.30. The Hall–Kier alpha value is -1.84. The van der Waals surface area contributed by atoms with Gasteiger partial charge < -0.3 is 18.5 Å². The number of hydrogen-bond acceptors (Lipinski definition) is 9. The number of aromatic nitrogens is 4. The van der Waals surface area contributed by atoms with Crippen LogP contribution in [0.4, 0.5) is 0 Å². The van der Waals surface area contributed by atoms with Crippen LogP contribution in [0.25, 0.3) is 0 Å². The first-order valence-electron chi connectivity index (χ1n) is 8.16. The van der Waals surface area contributed by atoms with Gasteiger partial charge in [0.15, 0.2) is 11.6 Å². The Bertz CT molecular complexity index is 629. The Kier molecular flexibility index (Phi) is 5.89. The fourth-order valence-electron chi connectivity index (χ4n) is 2.87. The van der Waals surface area contributed by atoms with E-state index in [2.05, 4.69) is 25.2 Å². The third-order valence-electron chi connectivity index (χ3n) is 4.03. The molecule has 1 aliphatic heterocycles. The van der Waals surface area contributed by atoms with E-state index in [0.29, 0.717) is 49.6 Å². The number of likely N-dealkylation sites (tertiary alicyclic amines) is 1. The lowest BCUT2D eigenvalue weighted by Gasteiger charge is -2.31. The van der Waals surface area contributed by atoms with E-state index < -0.39 is 0 Å². The van der Waals surface area contributed by atoms with E-state index in [4.69, 9.17) is 18.5 Å². The molecule has 1 aliphatic rings. The van der Waals surface area contributed by atoms with Crippen molar-refractivity contribution in [2.24, 2.45) is 0 Å². The quantitative estimate of drug-likeness (QED) is 0.709. The zero-order valence-corrected chi connectivity index (χ0v) is 14.1. The first-order valence-corrected chi connectivity index (χ1v) is 8.16. The SMILES string of the molecule is COCCc1noc(CN2CCCCC2c2nc(COC)no2)n1. The second kappa shape index (κ2) is 8.32. The maximum atomic E-state index is 5.42. The molecule has 1 unspecified atom stereocenters. The van der Waals surface area contributed by atoms with Crippen LogP contribution in [0.5, 0.6) is 0 Å². The fourth-order valence-corrected chi connectivity index (χ4v) is 2.87. The Morgan fingerprint density at radius 2 is 1.96 bits per heavy atom. The highest BCUT2D eigenvalue weighted by molar-refractivity contribution is 4.97. The summed E-state index contributed by atoms with van der Waals surface area (Å²) in [5.41, 5.74) is 0. The van der Waals surface area contributed by atoms with E-state index in [9.17, 15) is 0 Å². The van der Waals surface area contributed by atoms with Crippen LogP contribution in [0.2, 0.25) is 0 Å². The molecule has 2 aromatic rings. The average Bonchev–Trinajstić information content (AvgIpc) is 3.23. The largest absolute Gasteiger partial charge is 0.384 e. The second-order valence-corrected chi connectivity index (χ2v) is 5.81. The van der Waals surface area contributed by atoms with E-state index in [1.807, 2.05) is 0 Å². The lowest BCUT2D eigenvalue weighted by Crippen LogP contribution is -2.33. The highest BCUT2D eigenvalue weighted by atomic mass is 16.5. The van der Waals surface area contributed by atoms with Gasteiger partial charge in [-0.15, -0.1) is 0 Å². The molecule has 132 valence electrons. The van der Waals surface area contributed by atoms with Gasteiger partial charge in [-0.1, -0.05) is 16.7 Å². The van der Waals surface area contributed by atoms with Gasteiger partial charge in [0.05, 0.1) is 19.2 Å². The van der Waals surface area contributed by atoms with Crippen LogP contribution < -0.4 is 0 Å². The van der Waals surface area contributed by atoms with Crippen LogP contribution in [0, 0.1) is 0 Å². The van der Waals surface area contributed by atoms with Crippen LogP contribution in [-0.4, -0.2) is 52.6 Å². The molecule has 3 heterocycles. The van der Waals surface area contributed by atoms with Gasteiger partial charge in [-0.25, -0.2) is 0 Å². The third kappa shape index (κ3) is 4.16. The van der Waals surface area contributed by atoms with Gasteiger partial charge in [0.2, 0.25) is 11.8 Å². The number of piperidine rings is 1. The van der Waals surface area contributed by atoms with Crippen LogP contribution >= 0.6 is 0 Å². The van der Waals surface area contributed by atoms with Crippen molar-refractivity contribution in [2.45, 2.75) is 44.9 Å². The smallest absolute Gasteiger partial charge is 0.244 e. The summed E-state index contributed by atoms with van der Waals surface area (Å²) in [6.45, 7) is 2.44. The van der Waals surface area contributed by atoms with Crippen LogP contribution in [0.1, 0.15) is 48.7 Å². The van der Waals surface area contributed by atoms with E-state index >= 15 is 0 Å². The van der Waals surface area contributed by atoms with Crippen molar-refractivity contribution < 1.29 is 18.5 Å². The first kappa shape index (κ1) is 17.0. The monoisotopic (exact) mass is 337 g/mol. The molecule has 24 heavy (non-hydrogen) atoms. The zero-order valence-electron chi connectivity index (χ0n) is 14.1. The molecule has 1 atom stereocenters. The van der Waals surface area contributed by atoms with Gasteiger partial charge in [0.25, 0.3) is 0 Å².